The lowest BCUT2D eigenvalue weighted by Gasteiger charge is -2.25. The van der Waals surface area contributed by atoms with Crippen LogP contribution in [0.2, 0.25) is 13.1 Å². The molecule has 1 amide bonds. The third kappa shape index (κ3) is 4.21. The zero-order valence-electron chi connectivity index (χ0n) is 6.56. The second-order valence-corrected chi connectivity index (χ2v) is 5.31. The summed E-state index contributed by atoms with van der Waals surface area (Å²) < 4.78 is 0. The van der Waals surface area contributed by atoms with Crippen LogP contribution >= 0.6 is 0 Å². The van der Waals surface area contributed by atoms with Gasteiger partial charge in [0.1, 0.15) is 0 Å². The number of hydrogen-bond donors (Lipinski definition) is 0. The maximum absolute atomic E-state index is 10.6. The predicted octanol–water partition coefficient (Wildman–Crippen LogP) is 0.758. The molecule has 0 aromatic rings. The molecule has 0 aromatic heterocycles. The van der Waals surface area contributed by atoms with Crippen molar-refractivity contribution in [1.29, 1.82) is 0 Å². The SMILES string of the molecule is CC(=O)N(C)C[Si-](C)C. The van der Waals surface area contributed by atoms with Crippen LogP contribution in [0.15, 0.2) is 0 Å². The average molecular weight is 144 g/mol. The first kappa shape index (κ1) is 8.69. The van der Waals surface area contributed by atoms with Gasteiger partial charge in [-0.05, 0) is 0 Å². The molecule has 0 aliphatic heterocycles. The van der Waals surface area contributed by atoms with Crippen molar-refractivity contribution < 1.29 is 4.79 Å². The number of hydrogen-bond acceptors (Lipinski definition) is 1. The van der Waals surface area contributed by atoms with E-state index in [9.17, 15) is 4.79 Å². The Bertz CT molecular complexity index is 103. The molecule has 0 unspecified atom stereocenters. The highest BCUT2D eigenvalue weighted by molar-refractivity contribution is 6.56. The molecule has 2 nitrogen and oxygen atoms in total. The smallest absolute Gasteiger partial charge is 0.216 e. The van der Waals surface area contributed by atoms with E-state index in [-0.39, 0.29) is 14.7 Å². The van der Waals surface area contributed by atoms with E-state index in [4.69, 9.17) is 0 Å². The third-order valence-electron chi connectivity index (χ3n) is 1.09. The maximum Gasteiger partial charge on any atom is 0.216 e. The lowest BCUT2D eigenvalue weighted by atomic mass is 10.6. The Labute approximate surface area is 58.5 Å². The van der Waals surface area contributed by atoms with Gasteiger partial charge in [0, 0.05) is 14.0 Å². The minimum atomic E-state index is -0.273. The van der Waals surface area contributed by atoms with Crippen LogP contribution in [-0.4, -0.2) is 32.8 Å². The van der Waals surface area contributed by atoms with Gasteiger partial charge in [-0.25, -0.2) is 8.80 Å². The topological polar surface area (TPSA) is 20.3 Å². The number of carbonyl (C=O) groups is 1. The van der Waals surface area contributed by atoms with Crippen molar-refractivity contribution in [2.24, 2.45) is 0 Å². The molecule has 0 saturated heterocycles. The molecule has 0 N–H and O–H groups in total. The largest absolute Gasteiger partial charge is 0.379 e. The molecule has 54 valence electrons. The van der Waals surface area contributed by atoms with Crippen LogP contribution in [0, 0.1) is 0 Å². The molecule has 9 heavy (non-hydrogen) atoms. The zero-order chi connectivity index (χ0) is 7.44. The van der Waals surface area contributed by atoms with Crippen molar-refractivity contribution in [3.05, 3.63) is 0 Å². The molecule has 0 aromatic carbocycles. The summed E-state index contributed by atoms with van der Waals surface area (Å²) in [6.07, 6.45) is 0.958. The fourth-order valence-electron chi connectivity index (χ4n) is 0.586. The van der Waals surface area contributed by atoms with Crippen molar-refractivity contribution in [3.63, 3.8) is 0 Å². The molecule has 0 radical (unpaired) electrons. The zero-order valence-corrected chi connectivity index (χ0v) is 7.56. The minimum absolute atomic E-state index is 0.168. The van der Waals surface area contributed by atoms with Gasteiger partial charge in [0.05, 0.1) is 0 Å². The summed E-state index contributed by atoms with van der Waals surface area (Å²) in [5, 5.41) is 0. The van der Waals surface area contributed by atoms with Gasteiger partial charge in [-0.1, -0.05) is 0 Å². The predicted molar refractivity (Wildman–Crippen MR) is 40.8 cm³/mol. The van der Waals surface area contributed by atoms with E-state index >= 15 is 0 Å². The number of nitrogens with zero attached hydrogens (tertiary/aromatic N) is 1. The van der Waals surface area contributed by atoms with Crippen LogP contribution in [-0.2, 0) is 4.79 Å². The van der Waals surface area contributed by atoms with Gasteiger partial charge < -0.3 is 4.90 Å². The standard InChI is InChI=1S/C6H14NOSi/c1-6(8)7(2)5-9(3)4/h5H2,1-4H3/q-1. The van der Waals surface area contributed by atoms with Crippen molar-refractivity contribution in [3.8, 4) is 0 Å². The van der Waals surface area contributed by atoms with E-state index in [1.165, 1.54) is 0 Å². The Morgan fingerprint density at radius 1 is 1.56 bits per heavy atom. The summed E-state index contributed by atoms with van der Waals surface area (Å²) in [5.74, 6) is 0.168. The first-order valence-electron chi connectivity index (χ1n) is 3.04. The highest BCUT2D eigenvalue weighted by Crippen LogP contribution is 1.86. The molecule has 0 aliphatic carbocycles. The Hall–Kier alpha value is -0.313. The molecule has 0 rings (SSSR count). The maximum atomic E-state index is 10.6. The van der Waals surface area contributed by atoms with Crippen LogP contribution in [0.1, 0.15) is 6.92 Å². The van der Waals surface area contributed by atoms with E-state index in [2.05, 4.69) is 13.1 Å². The number of rotatable bonds is 2. The molecule has 0 atom stereocenters. The van der Waals surface area contributed by atoms with Gasteiger partial charge in [-0.3, -0.25) is 4.79 Å². The van der Waals surface area contributed by atoms with Gasteiger partial charge in [0.25, 0.3) is 0 Å². The number of amides is 1. The summed E-state index contributed by atoms with van der Waals surface area (Å²) >= 11 is 0. The highest BCUT2D eigenvalue weighted by atomic mass is 28.3. The Kier molecular flexibility index (Phi) is 3.54. The molecule has 0 heterocycles. The van der Waals surface area contributed by atoms with E-state index < -0.39 is 0 Å². The fraction of sp³-hybridized carbons (Fsp3) is 0.833. The summed E-state index contributed by atoms with van der Waals surface area (Å²) in [6.45, 7) is 6.00. The van der Waals surface area contributed by atoms with Crippen LogP contribution in [0.25, 0.3) is 0 Å². The van der Waals surface area contributed by atoms with E-state index in [1.807, 2.05) is 7.05 Å². The van der Waals surface area contributed by atoms with Gasteiger partial charge in [-0.2, -0.15) is 13.1 Å². The van der Waals surface area contributed by atoms with Gasteiger partial charge in [0.15, 0.2) is 0 Å². The quantitative estimate of drug-likeness (QED) is 0.524. The lowest BCUT2D eigenvalue weighted by molar-refractivity contribution is -0.126. The molecule has 3 heteroatoms. The minimum Gasteiger partial charge on any atom is -0.379 e. The van der Waals surface area contributed by atoms with Gasteiger partial charge >= 0.3 is 0 Å². The normalized spacial score (nSPS) is 9.89. The molecule has 0 bridgehead atoms. The van der Waals surface area contributed by atoms with Crippen LogP contribution in [0.3, 0.4) is 0 Å². The van der Waals surface area contributed by atoms with E-state index in [0.717, 1.165) is 6.17 Å². The van der Waals surface area contributed by atoms with Crippen molar-refractivity contribution in [1.82, 2.24) is 4.90 Å². The van der Waals surface area contributed by atoms with Crippen LogP contribution in [0.5, 0.6) is 0 Å². The molecule has 0 spiro atoms. The molecule has 0 saturated carbocycles. The van der Waals surface area contributed by atoms with Gasteiger partial charge in [-0.15, -0.1) is 6.17 Å². The first-order chi connectivity index (χ1) is 4.04. The molecule has 0 fully saturated rings. The highest BCUT2D eigenvalue weighted by Gasteiger charge is 1.95. The second kappa shape index (κ2) is 3.66. The monoisotopic (exact) mass is 144 g/mol. The average Bonchev–Trinajstić information content (AvgIpc) is 1.63. The van der Waals surface area contributed by atoms with E-state index in [1.54, 1.807) is 11.8 Å². The second-order valence-electron chi connectivity index (χ2n) is 2.58. The Balaban J connectivity index is 3.50. The summed E-state index contributed by atoms with van der Waals surface area (Å²) in [5.41, 5.74) is 0. The Morgan fingerprint density at radius 2 is 2.00 bits per heavy atom. The summed E-state index contributed by atoms with van der Waals surface area (Å²) in [4.78, 5) is 12.4. The molecule has 0 aliphatic rings. The van der Waals surface area contributed by atoms with Crippen molar-refractivity contribution >= 4 is 14.7 Å². The van der Waals surface area contributed by atoms with Crippen LogP contribution < -0.4 is 0 Å². The first-order valence-corrected chi connectivity index (χ1v) is 5.75. The van der Waals surface area contributed by atoms with E-state index in [0.29, 0.717) is 0 Å². The summed E-state index contributed by atoms with van der Waals surface area (Å²) in [6, 6.07) is 0. The summed E-state index contributed by atoms with van der Waals surface area (Å²) in [7, 11) is 1.57. The third-order valence-corrected chi connectivity index (χ3v) is 2.20. The van der Waals surface area contributed by atoms with Crippen molar-refractivity contribution in [2.45, 2.75) is 20.0 Å². The van der Waals surface area contributed by atoms with Crippen molar-refractivity contribution in [2.75, 3.05) is 13.2 Å². The Morgan fingerprint density at radius 3 is 2.11 bits per heavy atom. The van der Waals surface area contributed by atoms with Gasteiger partial charge in [0.2, 0.25) is 5.91 Å². The number of carbonyl (C=O) groups excluding carboxylic acids is 1. The molecular formula is C6H14NOSi-. The fourth-order valence-corrected chi connectivity index (χ4v) is 1.76. The molecular weight excluding hydrogens is 130 g/mol. The van der Waals surface area contributed by atoms with Crippen LogP contribution in [0.4, 0.5) is 0 Å². The lowest BCUT2D eigenvalue weighted by Crippen LogP contribution is -2.31.